The van der Waals surface area contributed by atoms with E-state index in [1.807, 2.05) is 43.9 Å². The van der Waals surface area contributed by atoms with Crippen LogP contribution in [0, 0.1) is 0 Å². The molecule has 0 aromatic heterocycles. The number of para-hydroxylation sites is 1. The monoisotopic (exact) mass is 232 g/mol. The fourth-order valence-electron chi connectivity index (χ4n) is 2.20. The predicted molar refractivity (Wildman–Crippen MR) is 70.5 cm³/mol. The molecule has 0 radical (unpaired) electrons. The first-order valence-corrected chi connectivity index (χ1v) is 6.07. The molecule has 1 atom stereocenters. The third kappa shape index (κ3) is 2.43. The number of benzene rings is 1. The van der Waals surface area contributed by atoms with Gasteiger partial charge in [0.15, 0.2) is 0 Å². The molecule has 1 aromatic rings. The topological polar surface area (TPSA) is 32.3 Å². The van der Waals surface area contributed by atoms with E-state index in [-0.39, 0.29) is 11.6 Å². The summed E-state index contributed by atoms with van der Waals surface area (Å²) in [6, 6.07) is 8.12. The number of urea groups is 1. The molecule has 3 heteroatoms. The standard InChI is InChI=1S/C14H20N2O/c1-10-9-16(13(17)15-14(2,3)4)12-8-6-5-7-11(10)12/h5-8,10H,9H2,1-4H3,(H,15,17). The molecule has 0 spiro atoms. The fraction of sp³-hybridized carbons (Fsp3) is 0.500. The van der Waals surface area contributed by atoms with Crippen LogP contribution >= 0.6 is 0 Å². The summed E-state index contributed by atoms with van der Waals surface area (Å²) < 4.78 is 0. The number of rotatable bonds is 0. The molecule has 1 aliphatic rings. The predicted octanol–water partition coefficient (Wildman–Crippen LogP) is 3.12. The zero-order valence-electron chi connectivity index (χ0n) is 10.9. The molecule has 1 aliphatic heterocycles. The summed E-state index contributed by atoms with van der Waals surface area (Å²) in [4.78, 5) is 14.0. The van der Waals surface area contributed by atoms with Crippen LogP contribution in [0.4, 0.5) is 10.5 Å². The summed E-state index contributed by atoms with van der Waals surface area (Å²) >= 11 is 0. The summed E-state index contributed by atoms with van der Waals surface area (Å²) in [5.41, 5.74) is 2.11. The van der Waals surface area contributed by atoms with Gasteiger partial charge in [-0.1, -0.05) is 25.1 Å². The molecular weight excluding hydrogens is 212 g/mol. The highest BCUT2D eigenvalue weighted by Crippen LogP contribution is 2.35. The molecular formula is C14H20N2O. The lowest BCUT2D eigenvalue weighted by molar-refractivity contribution is 0.238. The van der Waals surface area contributed by atoms with Gasteiger partial charge in [0.05, 0.1) is 0 Å². The summed E-state index contributed by atoms with van der Waals surface area (Å²) in [5.74, 6) is 0.414. The minimum absolute atomic E-state index is 0.00528. The Labute approximate surface area is 103 Å². The first-order valence-electron chi connectivity index (χ1n) is 6.07. The van der Waals surface area contributed by atoms with Crippen LogP contribution in [0.1, 0.15) is 39.2 Å². The normalized spacial score (nSPS) is 19.1. The molecule has 92 valence electrons. The quantitative estimate of drug-likeness (QED) is 0.732. The summed E-state index contributed by atoms with van der Waals surface area (Å²) in [5, 5.41) is 3.01. The van der Waals surface area contributed by atoms with Crippen molar-refractivity contribution in [3.05, 3.63) is 29.8 Å². The van der Waals surface area contributed by atoms with Crippen molar-refractivity contribution in [2.24, 2.45) is 0 Å². The number of hydrogen-bond donors (Lipinski definition) is 1. The van der Waals surface area contributed by atoms with E-state index in [2.05, 4.69) is 18.3 Å². The minimum Gasteiger partial charge on any atom is -0.333 e. The van der Waals surface area contributed by atoms with Crippen LogP contribution in [-0.2, 0) is 0 Å². The highest BCUT2D eigenvalue weighted by Gasteiger charge is 2.30. The third-order valence-corrected chi connectivity index (χ3v) is 2.94. The van der Waals surface area contributed by atoms with Gasteiger partial charge in [0.2, 0.25) is 0 Å². The van der Waals surface area contributed by atoms with Gasteiger partial charge in [0, 0.05) is 23.7 Å². The molecule has 1 N–H and O–H groups in total. The molecule has 17 heavy (non-hydrogen) atoms. The van der Waals surface area contributed by atoms with E-state index in [1.165, 1.54) is 5.56 Å². The van der Waals surface area contributed by atoms with Crippen LogP contribution in [0.3, 0.4) is 0 Å². The first-order chi connectivity index (χ1) is 7.88. The Balaban J connectivity index is 2.23. The molecule has 1 aromatic carbocycles. The maximum atomic E-state index is 12.2. The largest absolute Gasteiger partial charge is 0.333 e. The Morgan fingerprint density at radius 3 is 2.65 bits per heavy atom. The Morgan fingerprint density at radius 1 is 1.35 bits per heavy atom. The lowest BCUT2D eigenvalue weighted by atomic mass is 10.0. The number of hydrogen-bond acceptors (Lipinski definition) is 1. The van der Waals surface area contributed by atoms with Crippen LogP contribution < -0.4 is 10.2 Å². The lowest BCUT2D eigenvalue weighted by Gasteiger charge is -2.26. The van der Waals surface area contributed by atoms with Gasteiger partial charge in [0.1, 0.15) is 0 Å². The van der Waals surface area contributed by atoms with Crippen molar-refractivity contribution in [1.82, 2.24) is 5.32 Å². The summed E-state index contributed by atoms with van der Waals surface area (Å²) in [6.07, 6.45) is 0. The molecule has 1 heterocycles. The second kappa shape index (κ2) is 4.06. The zero-order chi connectivity index (χ0) is 12.6. The average molecular weight is 232 g/mol. The fourth-order valence-corrected chi connectivity index (χ4v) is 2.20. The van der Waals surface area contributed by atoms with Crippen LogP contribution in [0.2, 0.25) is 0 Å². The van der Waals surface area contributed by atoms with E-state index in [9.17, 15) is 4.79 Å². The molecule has 0 saturated carbocycles. The highest BCUT2D eigenvalue weighted by molar-refractivity contribution is 5.95. The van der Waals surface area contributed by atoms with Gasteiger partial charge in [-0.25, -0.2) is 4.79 Å². The summed E-state index contributed by atoms with van der Waals surface area (Å²) in [6.45, 7) is 8.91. The van der Waals surface area contributed by atoms with Crippen molar-refractivity contribution in [3.63, 3.8) is 0 Å². The number of carbonyl (C=O) groups is 1. The van der Waals surface area contributed by atoms with Gasteiger partial charge >= 0.3 is 6.03 Å². The van der Waals surface area contributed by atoms with Gasteiger partial charge in [-0.3, -0.25) is 4.90 Å². The van der Waals surface area contributed by atoms with Crippen LogP contribution in [0.25, 0.3) is 0 Å². The number of amides is 2. The smallest absolute Gasteiger partial charge is 0.322 e. The molecule has 2 amide bonds. The SMILES string of the molecule is CC1CN(C(=O)NC(C)(C)C)c2ccccc21. The number of carbonyl (C=O) groups excluding carboxylic acids is 1. The van der Waals surface area contributed by atoms with E-state index >= 15 is 0 Å². The van der Waals surface area contributed by atoms with Crippen molar-refractivity contribution in [2.75, 3.05) is 11.4 Å². The number of anilines is 1. The maximum Gasteiger partial charge on any atom is 0.322 e. The lowest BCUT2D eigenvalue weighted by Crippen LogP contribution is -2.48. The molecule has 0 saturated heterocycles. The first kappa shape index (κ1) is 12.0. The molecule has 0 aliphatic carbocycles. The van der Waals surface area contributed by atoms with E-state index < -0.39 is 0 Å². The Morgan fingerprint density at radius 2 is 2.00 bits per heavy atom. The highest BCUT2D eigenvalue weighted by atomic mass is 16.2. The van der Waals surface area contributed by atoms with Crippen molar-refractivity contribution in [2.45, 2.75) is 39.2 Å². The molecule has 2 rings (SSSR count). The van der Waals surface area contributed by atoms with Crippen molar-refractivity contribution in [1.29, 1.82) is 0 Å². The van der Waals surface area contributed by atoms with E-state index in [4.69, 9.17) is 0 Å². The Bertz CT molecular complexity index is 434. The van der Waals surface area contributed by atoms with E-state index in [0.29, 0.717) is 5.92 Å². The van der Waals surface area contributed by atoms with Gasteiger partial charge < -0.3 is 5.32 Å². The molecule has 0 bridgehead atoms. The van der Waals surface area contributed by atoms with Gasteiger partial charge in [-0.15, -0.1) is 0 Å². The van der Waals surface area contributed by atoms with Crippen LogP contribution in [0.15, 0.2) is 24.3 Å². The number of fused-ring (bicyclic) bond motifs is 1. The Kier molecular flexibility index (Phi) is 2.86. The van der Waals surface area contributed by atoms with Crippen molar-refractivity contribution >= 4 is 11.7 Å². The zero-order valence-corrected chi connectivity index (χ0v) is 10.9. The van der Waals surface area contributed by atoms with Gasteiger partial charge in [0.25, 0.3) is 0 Å². The minimum atomic E-state index is -0.197. The summed E-state index contributed by atoms with van der Waals surface area (Å²) in [7, 11) is 0. The third-order valence-electron chi connectivity index (χ3n) is 2.94. The molecule has 1 unspecified atom stereocenters. The van der Waals surface area contributed by atoms with E-state index in [1.54, 1.807) is 0 Å². The van der Waals surface area contributed by atoms with E-state index in [0.717, 1.165) is 12.2 Å². The molecule has 0 fully saturated rings. The van der Waals surface area contributed by atoms with Gasteiger partial charge in [-0.05, 0) is 32.4 Å². The number of nitrogens with zero attached hydrogens (tertiary/aromatic N) is 1. The second-order valence-electron chi connectivity index (χ2n) is 5.75. The van der Waals surface area contributed by atoms with Crippen LogP contribution in [-0.4, -0.2) is 18.1 Å². The second-order valence-corrected chi connectivity index (χ2v) is 5.75. The van der Waals surface area contributed by atoms with Crippen molar-refractivity contribution in [3.8, 4) is 0 Å². The average Bonchev–Trinajstić information content (AvgIpc) is 2.55. The van der Waals surface area contributed by atoms with Crippen molar-refractivity contribution < 1.29 is 4.79 Å². The van der Waals surface area contributed by atoms with Crippen LogP contribution in [0.5, 0.6) is 0 Å². The molecule has 3 nitrogen and oxygen atoms in total. The number of nitrogens with one attached hydrogen (secondary N) is 1. The van der Waals surface area contributed by atoms with Gasteiger partial charge in [-0.2, -0.15) is 0 Å². The Hall–Kier alpha value is -1.51. The maximum absolute atomic E-state index is 12.2.